The van der Waals surface area contributed by atoms with Crippen LogP contribution in [-0.4, -0.2) is 54.6 Å². The normalized spacial score (nSPS) is 20.1. The zero-order valence-electron chi connectivity index (χ0n) is 13.8. The van der Waals surface area contributed by atoms with Crippen LogP contribution >= 0.6 is 0 Å². The summed E-state index contributed by atoms with van der Waals surface area (Å²) < 4.78 is 0. The Morgan fingerprint density at radius 1 is 1.38 bits per heavy atom. The highest BCUT2D eigenvalue weighted by Crippen LogP contribution is 2.15. The molecule has 1 aromatic rings. The van der Waals surface area contributed by atoms with Crippen LogP contribution in [0.1, 0.15) is 37.4 Å². The van der Waals surface area contributed by atoms with Gasteiger partial charge in [-0.1, -0.05) is 13.0 Å². The Hall–Kier alpha value is -0.970. The molecule has 0 aliphatic carbocycles. The van der Waals surface area contributed by atoms with E-state index in [9.17, 15) is 0 Å². The molecule has 1 aliphatic heterocycles. The summed E-state index contributed by atoms with van der Waals surface area (Å²) in [6.45, 7) is 7.52. The van der Waals surface area contributed by atoms with E-state index in [-0.39, 0.29) is 0 Å². The Kier molecular flexibility index (Phi) is 6.61. The van der Waals surface area contributed by atoms with Crippen molar-refractivity contribution in [3.05, 3.63) is 29.6 Å². The van der Waals surface area contributed by atoms with E-state index < -0.39 is 0 Å². The standard InChI is InChI=1S/C17H30N4/c1-4-9-18-11-15-7-8-16(19-12-15)13-21-10-5-6-17(14-21)20(2)3/h7-8,12,17-18H,4-6,9-11,13-14H2,1-3H3. The lowest BCUT2D eigenvalue weighted by Crippen LogP contribution is -2.44. The summed E-state index contributed by atoms with van der Waals surface area (Å²) in [5.74, 6) is 0. The molecule has 0 aromatic carbocycles. The van der Waals surface area contributed by atoms with Gasteiger partial charge < -0.3 is 10.2 Å². The first-order valence-electron chi connectivity index (χ1n) is 8.22. The maximum absolute atomic E-state index is 4.63. The second kappa shape index (κ2) is 8.47. The summed E-state index contributed by atoms with van der Waals surface area (Å²) in [4.78, 5) is 9.51. The number of likely N-dealkylation sites (tertiary alicyclic amines) is 1. The van der Waals surface area contributed by atoms with Crippen LogP contribution in [0.15, 0.2) is 18.3 Å². The van der Waals surface area contributed by atoms with Crippen molar-refractivity contribution in [1.29, 1.82) is 0 Å². The van der Waals surface area contributed by atoms with Crippen LogP contribution in [0.2, 0.25) is 0 Å². The molecule has 1 fully saturated rings. The fourth-order valence-electron chi connectivity index (χ4n) is 2.89. The number of pyridine rings is 1. The SMILES string of the molecule is CCCNCc1ccc(CN2CCCC(N(C)C)C2)nc1. The smallest absolute Gasteiger partial charge is 0.0544 e. The van der Waals surface area contributed by atoms with Crippen molar-refractivity contribution >= 4 is 0 Å². The molecule has 1 saturated heterocycles. The lowest BCUT2D eigenvalue weighted by molar-refractivity contribution is 0.127. The van der Waals surface area contributed by atoms with Crippen LogP contribution in [-0.2, 0) is 13.1 Å². The third-order valence-electron chi connectivity index (χ3n) is 4.24. The molecule has 4 nitrogen and oxygen atoms in total. The van der Waals surface area contributed by atoms with Gasteiger partial charge in [0.15, 0.2) is 0 Å². The largest absolute Gasteiger partial charge is 0.313 e. The summed E-state index contributed by atoms with van der Waals surface area (Å²) in [5, 5.41) is 3.41. The average Bonchev–Trinajstić information content (AvgIpc) is 2.49. The van der Waals surface area contributed by atoms with E-state index in [1.807, 2.05) is 6.20 Å². The molecule has 1 aromatic heterocycles. The zero-order valence-corrected chi connectivity index (χ0v) is 13.8. The van der Waals surface area contributed by atoms with E-state index in [2.05, 4.69) is 53.3 Å². The summed E-state index contributed by atoms with van der Waals surface area (Å²) in [6.07, 6.45) is 5.81. The predicted octanol–water partition coefficient (Wildman–Crippen LogP) is 2.11. The molecule has 0 spiro atoms. The molecule has 0 amide bonds. The molecule has 1 N–H and O–H groups in total. The van der Waals surface area contributed by atoms with Gasteiger partial charge in [0.05, 0.1) is 5.69 Å². The number of nitrogens with one attached hydrogen (secondary N) is 1. The van der Waals surface area contributed by atoms with Gasteiger partial charge in [-0.05, 0) is 58.1 Å². The van der Waals surface area contributed by atoms with Crippen LogP contribution in [0.4, 0.5) is 0 Å². The van der Waals surface area contributed by atoms with Crippen molar-refractivity contribution < 1.29 is 0 Å². The molecule has 2 rings (SSSR count). The van der Waals surface area contributed by atoms with Crippen LogP contribution in [0.5, 0.6) is 0 Å². The summed E-state index contributed by atoms with van der Waals surface area (Å²) >= 11 is 0. The molecule has 118 valence electrons. The summed E-state index contributed by atoms with van der Waals surface area (Å²) in [5.41, 5.74) is 2.46. The number of rotatable bonds is 7. The number of hydrogen-bond donors (Lipinski definition) is 1. The molecule has 1 aliphatic rings. The van der Waals surface area contributed by atoms with Crippen molar-refractivity contribution in [2.75, 3.05) is 33.7 Å². The van der Waals surface area contributed by atoms with E-state index in [1.165, 1.54) is 37.1 Å². The Morgan fingerprint density at radius 2 is 2.24 bits per heavy atom. The number of nitrogens with zero attached hydrogens (tertiary/aromatic N) is 3. The quantitative estimate of drug-likeness (QED) is 0.779. The Labute approximate surface area is 129 Å². The minimum atomic E-state index is 0.691. The van der Waals surface area contributed by atoms with Gasteiger partial charge >= 0.3 is 0 Å². The highest BCUT2D eigenvalue weighted by Gasteiger charge is 2.21. The lowest BCUT2D eigenvalue weighted by atomic mass is 10.0. The second-order valence-electron chi connectivity index (χ2n) is 6.33. The van der Waals surface area contributed by atoms with E-state index in [4.69, 9.17) is 0 Å². The minimum Gasteiger partial charge on any atom is -0.313 e. The molecular weight excluding hydrogens is 260 g/mol. The van der Waals surface area contributed by atoms with Crippen molar-refractivity contribution in [2.45, 2.75) is 45.3 Å². The van der Waals surface area contributed by atoms with Gasteiger partial charge in [-0.25, -0.2) is 0 Å². The third-order valence-corrected chi connectivity index (χ3v) is 4.24. The minimum absolute atomic E-state index is 0.691. The van der Waals surface area contributed by atoms with Gasteiger partial charge in [0.1, 0.15) is 0 Å². The van der Waals surface area contributed by atoms with E-state index >= 15 is 0 Å². The topological polar surface area (TPSA) is 31.4 Å². The molecule has 2 heterocycles. The lowest BCUT2D eigenvalue weighted by Gasteiger charge is -2.35. The van der Waals surface area contributed by atoms with Crippen molar-refractivity contribution in [3.63, 3.8) is 0 Å². The van der Waals surface area contributed by atoms with Gasteiger partial charge in [-0.2, -0.15) is 0 Å². The monoisotopic (exact) mass is 290 g/mol. The fraction of sp³-hybridized carbons (Fsp3) is 0.706. The van der Waals surface area contributed by atoms with Crippen LogP contribution in [0.25, 0.3) is 0 Å². The van der Waals surface area contributed by atoms with Gasteiger partial charge in [-0.15, -0.1) is 0 Å². The summed E-state index contributed by atoms with van der Waals surface area (Å²) in [6, 6.07) is 5.08. The highest BCUT2D eigenvalue weighted by molar-refractivity contribution is 5.14. The number of piperidine rings is 1. The molecule has 1 unspecified atom stereocenters. The van der Waals surface area contributed by atoms with Gasteiger partial charge in [0.25, 0.3) is 0 Å². The predicted molar refractivity (Wildman–Crippen MR) is 88.2 cm³/mol. The Bertz CT molecular complexity index is 402. The Morgan fingerprint density at radius 3 is 2.90 bits per heavy atom. The van der Waals surface area contributed by atoms with Crippen molar-refractivity contribution in [3.8, 4) is 0 Å². The van der Waals surface area contributed by atoms with Crippen LogP contribution < -0.4 is 5.32 Å². The fourth-order valence-corrected chi connectivity index (χ4v) is 2.89. The molecule has 4 heteroatoms. The van der Waals surface area contributed by atoms with Crippen LogP contribution in [0.3, 0.4) is 0 Å². The number of likely N-dealkylation sites (N-methyl/N-ethyl adjacent to an activating group) is 1. The summed E-state index contributed by atoms with van der Waals surface area (Å²) in [7, 11) is 4.37. The van der Waals surface area contributed by atoms with Gasteiger partial charge in [0, 0.05) is 31.9 Å². The van der Waals surface area contributed by atoms with Crippen molar-refractivity contribution in [1.82, 2.24) is 20.1 Å². The molecule has 0 radical (unpaired) electrons. The molecule has 21 heavy (non-hydrogen) atoms. The molecular formula is C17H30N4. The molecule has 0 bridgehead atoms. The van der Waals surface area contributed by atoms with Gasteiger partial charge in [0.2, 0.25) is 0 Å². The first-order valence-corrected chi connectivity index (χ1v) is 8.22. The maximum atomic E-state index is 4.63. The average molecular weight is 290 g/mol. The van der Waals surface area contributed by atoms with E-state index in [1.54, 1.807) is 0 Å². The number of aromatic nitrogens is 1. The first kappa shape index (κ1) is 16.4. The van der Waals surface area contributed by atoms with Crippen LogP contribution in [0, 0.1) is 0 Å². The molecule has 0 saturated carbocycles. The second-order valence-corrected chi connectivity index (χ2v) is 6.33. The van der Waals surface area contributed by atoms with Crippen molar-refractivity contribution in [2.24, 2.45) is 0 Å². The number of hydrogen-bond acceptors (Lipinski definition) is 4. The third kappa shape index (κ3) is 5.38. The Balaban J connectivity index is 1.82. The van der Waals surface area contributed by atoms with E-state index in [0.717, 1.165) is 26.2 Å². The first-order chi connectivity index (χ1) is 10.2. The van der Waals surface area contributed by atoms with E-state index in [0.29, 0.717) is 6.04 Å². The maximum Gasteiger partial charge on any atom is 0.0544 e. The van der Waals surface area contributed by atoms with Gasteiger partial charge in [-0.3, -0.25) is 9.88 Å². The zero-order chi connectivity index (χ0) is 15.1. The highest BCUT2D eigenvalue weighted by atomic mass is 15.2. The molecule has 1 atom stereocenters.